The third kappa shape index (κ3) is 3.32. The molecule has 0 atom stereocenters. The Balaban J connectivity index is 2.10. The van der Waals surface area contributed by atoms with Gasteiger partial charge in [-0.1, -0.05) is 56.3 Å². The first-order valence-corrected chi connectivity index (χ1v) is 6.49. The smallest absolute Gasteiger partial charge is 0.380 e. The normalized spacial score (nSPS) is 10.3. The predicted octanol–water partition coefficient (Wildman–Crippen LogP) is 3.48. The number of ketones is 1. The van der Waals surface area contributed by atoms with E-state index in [1.807, 2.05) is 42.5 Å². The summed E-state index contributed by atoms with van der Waals surface area (Å²) in [5, 5.41) is 0. The number of rotatable bonds is 4. The lowest BCUT2D eigenvalue weighted by Crippen LogP contribution is -2.24. The molecule has 0 aliphatic carbocycles. The molecule has 0 saturated heterocycles. The summed E-state index contributed by atoms with van der Waals surface area (Å²) >= 11 is 0. The van der Waals surface area contributed by atoms with Crippen LogP contribution < -0.4 is 4.74 Å². The van der Waals surface area contributed by atoms with E-state index < -0.39 is 11.8 Å². The van der Waals surface area contributed by atoms with Crippen LogP contribution in [-0.2, 0) is 9.59 Å². The number of ether oxygens (including phenoxy) is 1. The molecule has 2 aromatic carbocycles. The van der Waals surface area contributed by atoms with Crippen molar-refractivity contribution >= 4 is 11.8 Å². The third-order valence-corrected chi connectivity index (χ3v) is 2.90. The summed E-state index contributed by atoms with van der Waals surface area (Å²) in [7, 11) is 0. The SMILES string of the molecule is CC(C)C(=O)C(=O)Oc1ccc(-c2ccccc2)cc1. The maximum Gasteiger partial charge on any atom is 0.380 e. The van der Waals surface area contributed by atoms with Gasteiger partial charge in [-0.25, -0.2) is 4.79 Å². The van der Waals surface area contributed by atoms with Gasteiger partial charge in [-0.15, -0.1) is 0 Å². The minimum absolute atomic E-state index is 0.355. The maximum absolute atomic E-state index is 11.5. The lowest BCUT2D eigenvalue weighted by Gasteiger charge is -2.06. The minimum atomic E-state index is -0.813. The summed E-state index contributed by atoms with van der Waals surface area (Å²) in [5.74, 6) is -1.31. The van der Waals surface area contributed by atoms with Crippen LogP contribution in [0, 0.1) is 5.92 Å². The van der Waals surface area contributed by atoms with Crippen LogP contribution in [-0.4, -0.2) is 11.8 Å². The van der Waals surface area contributed by atoms with Gasteiger partial charge in [-0.05, 0) is 23.3 Å². The number of carbonyl (C=O) groups excluding carboxylic acids is 2. The molecule has 0 radical (unpaired) electrons. The highest BCUT2D eigenvalue weighted by atomic mass is 16.5. The van der Waals surface area contributed by atoms with Crippen LogP contribution in [0.25, 0.3) is 11.1 Å². The fourth-order valence-corrected chi connectivity index (χ4v) is 1.74. The van der Waals surface area contributed by atoms with Crippen LogP contribution in [0.3, 0.4) is 0 Å². The number of benzene rings is 2. The van der Waals surface area contributed by atoms with Gasteiger partial charge < -0.3 is 4.74 Å². The van der Waals surface area contributed by atoms with E-state index >= 15 is 0 Å². The molecule has 0 spiro atoms. The van der Waals surface area contributed by atoms with Gasteiger partial charge in [0.15, 0.2) is 0 Å². The largest absolute Gasteiger partial charge is 0.421 e. The number of esters is 1. The van der Waals surface area contributed by atoms with Crippen molar-refractivity contribution in [3.63, 3.8) is 0 Å². The molecule has 2 rings (SSSR count). The number of hydrogen-bond acceptors (Lipinski definition) is 3. The standard InChI is InChI=1S/C17H16O3/c1-12(2)16(18)17(19)20-15-10-8-14(9-11-15)13-6-4-3-5-7-13/h3-12H,1-2H3. The number of carbonyl (C=O) groups is 2. The maximum atomic E-state index is 11.5. The molecule has 0 aliphatic rings. The average molecular weight is 268 g/mol. The van der Waals surface area contributed by atoms with Crippen molar-refractivity contribution < 1.29 is 14.3 Å². The Bertz CT molecular complexity index is 598. The molecule has 3 nitrogen and oxygen atoms in total. The summed E-state index contributed by atoms with van der Waals surface area (Å²) in [6.07, 6.45) is 0. The third-order valence-electron chi connectivity index (χ3n) is 2.90. The van der Waals surface area contributed by atoms with Gasteiger partial charge in [0.2, 0.25) is 5.78 Å². The number of Topliss-reactive ketones (excluding diaryl/α,β-unsaturated/α-hetero) is 1. The van der Waals surface area contributed by atoms with E-state index in [2.05, 4.69) is 0 Å². The topological polar surface area (TPSA) is 43.4 Å². The van der Waals surface area contributed by atoms with Crippen molar-refractivity contribution in [1.82, 2.24) is 0 Å². The first-order chi connectivity index (χ1) is 9.58. The summed E-state index contributed by atoms with van der Waals surface area (Å²) in [4.78, 5) is 23.0. The van der Waals surface area contributed by atoms with E-state index in [1.54, 1.807) is 26.0 Å². The minimum Gasteiger partial charge on any atom is -0.421 e. The molecule has 0 fully saturated rings. The van der Waals surface area contributed by atoms with Crippen LogP contribution in [0.15, 0.2) is 54.6 Å². The zero-order valence-corrected chi connectivity index (χ0v) is 11.5. The first-order valence-electron chi connectivity index (χ1n) is 6.49. The van der Waals surface area contributed by atoms with Crippen LogP contribution in [0.4, 0.5) is 0 Å². The molecule has 0 bridgehead atoms. The highest BCUT2D eigenvalue weighted by molar-refractivity contribution is 6.34. The highest BCUT2D eigenvalue weighted by Gasteiger charge is 2.19. The second-order valence-electron chi connectivity index (χ2n) is 4.80. The van der Waals surface area contributed by atoms with E-state index in [-0.39, 0.29) is 5.92 Å². The molecule has 0 unspecified atom stereocenters. The molecule has 2 aromatic rings. The Labute approximate surface area is 118 Å². The van der Waals surface area contributed by atoms with Crippen LogP contribution >= 0.6 is 0 Å². The van der Waals surface area contributed by atoms with E-state index in [1.165, 1.54) is 0 Å². The van der Waals surface area contributed by atoms with Gasteiger partial charge in [0, 0.05) is 5.92 Å². The van der Waals surface area contributed by atoms with E-state index in [4.69, 9.17) is 4.74 Å². The van der Waals surface area contributed by atoms with Crippen molar-refractivity contribution in [2.45, 2.75) is 13.8 Å². The molecule has 0 heterocycles. The first kappa shape index (κ1) is 14.0. The molecule has 0 amide bonds. The Hall–Kier alpha value is -2.42. The fraction of sp³-hybridized carbons (Fsp3) is 0.176. The molecule has 3 heteroatoms. The van der Waals surface area contributed by atoms with Crippen molar-refractivity contribution in [1.29, 1.82) is 0 Å². The molecule has 0 aliphatic heterocycles. The van der Waals surface area contributed by atoms with Gasteiger partial charge in [0.05, 0.1) is 0 Å². The van der Waals surface area contributed by atoms with Gasteiger partial charge in [0.1, 0.15) is 5.75 Å². The summed E-state index contributed by atoms with van der Waals surface area (Å²) in [5.41, 5.74) is 2.12. The molecular weight excluding hydrogens is 252 g/mol. The average Bonchev–Trinajstić information content (AvgIpc) is 2.48. The predicted molar refractivity (Wildman–Crippen MR) is 77.4 cm³/mol. The number of hydrogen-bond donors (Lipinski definition) is 0. The second-order valence-corrected chi connectivity index (χ2v) is 4.80. The second kappa shape index (κ2) is 6.15. The zero-order chi connectivity index (χ0) is 14.5. The van der Waals surface area contributed by atoms with E-state index in [0.717, 1.165) is 11.1 Å². The fourth-order valence-electron chi connectivity index (χ4n) is 1.74. The van der Waals surface area contributed by atoms with Crippen LogP contribution in [0.2, 0.25) is 0 Å². The summed E-state index contributed by atoms with van der Waals surface area (Å²) in [6.45, 7) is 3.34. The zero-order valence-electron chi connectivity index (χ0n) is 11.5. The molecule has 102 valence electrons. The highest BCUT2D eigenvalue weighted by Crippen LogP contribution is 2.22. The van der Waals surface area contributed by atoms with Crippen molar-refractivity contribution in [2.75, 3.05) is 0 Å². The van der Waals surface area contributed by atoms with E-state index in [0.29, 0.717) is 5.75 Å². The van der Waals surface area contributed by atoms with Crippen molar-refractivity contribution in [2.24, 2.45) is 5.92 Å². The summed E-state index contributed by atoms with van der Waals surface area (Å²) in [6, 6.07) is 17.0. The monoisotopic (exact) mass is 268 g/mol. The summed E-state index contributed by atoms with van der Waals surface area (Å²) < 4.78 is 5.04. The lowest BCUT2D eigenvalue weighted by molar-refractivity contribution is -0.148. The molecule has 0 aromatic heterocycles. The van der Waals surface area contributed by atoms with Crippen LogP contribution in [0.5, 0.6) is 5.75 Å². The Morgan fingerprint density at radius 3 is 1.95 bits per heavy atom. The Kier molecular flexibility index (Phi) is 4.31. The van der Waals surface area contributed by atoms with Gasteiger partial charge in [-0.2, -0.15) is 0 Å². The van der Waals surface area contributed by atoms with E-state index in [9.17, 15) is 9.59 Å². The molecule has 0 saturated carbocycles. The Morgan fingerprint density at radius 2 is 1.40 bits per heavy atom. The molecule has 20 heavy (non-hydrogen) atoms. The van der Waals surface area contributed by atoms with Crippen molar-refractivity contribution in [3.8, 4) is 16.9 Å². The van der Waals surface area contributed by atoms with Gasteiger partial charge in [0.25, 0.3) is 0 Å². The van der Waals surface area contributed by atoms with Gasteiger partial charge >= 0.3 is 5.97 Å². The lowest BCUT2D eigenvalue weighted by atomic mass is 10.1. The Morgan fingerprint density at radius 1 is 0.850 bits per heavy atom. The molecule has 0 N–H and O–H groups in total. The molecular formula is C17H16O3. The van der Waals surface area contributed by atoms with Crippen molar-refractivity contribution in [3.05, 3.63) is 54.6 Å². The van der Waals surface area contributed by atoms with Crippen LogP contribution in [0.1, 0.15) is 13.8 Å². The quantitative estimate of drug-likeness (QED) is 0.484. The van der Waals surface area contributed by atoms with Gasteiger partial charge in [-0.3, -0.25) is 4.79 Å².